The Morgan fingerprint density at radius 1 is 1.57 bits per heavy atom. The molecule has 2 nitrogen and oxygen atoms in total. The Morgan fingerprint density at radius 2 is 2.21 bits per heavy atom. The summed E-state index contributed by atoms with van der Waals surface area (Å²) in [4.78, 5) is 11.1. The van der Waals surface area contributed by atoms with Crippen LogP contribution in [-0.2, 0) is 0 Å². The van der Waals surface area contributed by atoms with Crippen molar-refractivity contribution in [2.75, 3.05) is 13.0 Å². The fourth-order valence-corrected chi connectivity index (χ4v) is 1.36. The molecule has 76 valence electrons. The maximum atomic E-state index is 13.2. The van der Waals surface area contributed by atoms with Crippen molar-refractivity contribution in [2.24, 2.45) is 0 Å². The highest BCUT2D eigenvalue weighted by Crippen LogP contribution is 2.27. The number of halogens is 3. The molecule has 0 fully saturated rings. The number of Topliss-reactive ketones (excluding diaryl/α,β-unsaturated/α-hetero) is 1. The number of hydrogen-bond donors (Lipinski definition) is 0. The Kier molecular flexibility index (Phi) is 3.72. The molecule has 0 saturated carbocycles. The van der Waals surface area contributed by atoms with Crippen LogP contribution in [0.15, 0.2) is 12.1 Å². The molecule has 0 spiro atoms. The van der Waals surface area contributed by atoms with E-state index in [1.165, 1.54) is 13.2 Å². The van der Waals surface area contributed by atoms with E-state index in [1.54, 1.807) is 0 Å². The Balaban J connectivity index is 3.21. The number of carbonyl (C=O) groups is 1. The Labute approximate surface area is 90.6 Å². The van der Waals surface area contributed by atoms with Crippen LogP contribution < -0.4 is 4.74 Å². The number of methoxy groups -OCH3 is 1. The third-order valence-corrected chi connectivity index (χ3v) is 2.20. The second-order valence-electron chi connectivity index (χ2n) is 2.52. The minimum atomic E-state index is -0.683. The lowest BCUT2D eigenvalue weighted by Crippen LogP contribution is -2.04. The molecule has 0 aliphatic heterocycles. The van der Waals surface area contributed by atoms with Gasteiger partial charge in [-0.1, -0.05) is 11.6 Å². The molecule has 0 atom stereocenters. The van der Waals surface area contributed by atoms with Crippen LogP contribution in [0.25, 0.3) is 0 Å². The predicted molar refractivity (Wildman–Crippen MR) is 53.0 cm³/mol. The predicted octanol–water partition coefficient (Wildman–Crippen LogP) is 2.91. The van der Waals surface area contributed by atoms with Crippen molar-refractivity contribution < 1.29 is 13.9 Å². The van der Waals surface area contributed by atoms with Gasteiger partial charge >= 0.3 is 0 Å². The lowest BCUT2D eigenvalue weighted by molar-refractivity contribution is 0.101. The smallest absolute Gasteiger partial charge is 0.180 e. The van der Waals surface area contributed by atoms with Gasteiger partial charge in [-0.3, -0.25) is 4.79 Å². The molecule has 1 aromatic rings. The Bertz CT molecular complexity index is 366. The molecular weight excluding hydrogens is 230 g/mol. The van der Waals surface area contributed by atoms with Gasteiger partial charge in [0.25, 0.3) is 0 Å². The van der Waals surface area contributed by atoms with E-state index < -0.39 is 11.6 Å². The molecule has 0 amide bonds. The summed E-state index contributed by atoms with van der Waals surface area (Å²) in [6.07, 6.45) is 0. The molecule has 0 unspecified atom stereocenters. The third kappa shape index (κ3) is 2.16. The highest BCUT2D eigenvalue weighted by atomic mass is 35.5. The first-order valence-corrected chi connectivity index (χ1v) is 4.63. The first-order valence-electron chi connectivity index (χ1n) is 3.72. The quantitative estimate of drug-likeness (QED) is 0.596. The van der Waals surface area contributed by atoms with Crippen LogP contribution in [0.2, 0.25) is 5.02 Å². The number of hydrogen-bond acceptors (Lipinski definition) is 2. The number of ketones is 1. The fraction of sp³-hybridized carbons (Fsp3) is 0.222. The summed E-state index contributed by atoms with van der Waals surface area (Å²) >= 11 is 11.0. The summed E-state index contributed by atoms with van der Waals surface area (Å²) in [6.45, 7) is 0. The molecule has 1 rings (SSSR count). The monoisotopic (exact) mass is 236 g/mol. The van der Waals surface area contributed by atoms with Crippen LogP contribution in [-0.4, -0.2) is 18.8 Å². The first-order chi connectivity index (χ1) is 6.60. The van der Waals surface area contributed by atoms with Crippen molar-refractivity contribution in [3.05, 3.63) is 28.5 Å². The van der Waals surface area contributed by atoms with Crippen molar-refractivity contribution in [1.82, 2.24) is 0 Å². The van der Waals surface area contributed by atoms with Gasteiger partial charge in [0.05, 0.1) is 23.6 Å². The summed E-state index contributed by atoms with van der Waals surface area (Å²) in [6, 6.07) is 2.27. The molecule has 0 aliphatic carbocycles. The van der Waals surface area contributed by atoms with Gasteiger partial charge in [0.2, 0.25) is 0 Å². The van der Waals surface area contributed by atoms with Crippen LogP contribution >= 0.6 is 23.2 Å². The number of rotatable bonds is 3. The average molecular weight is 237 g/mol. The minimum absolute atomic E-state index is 0.120. The summed E-state index contributed by atoms with van der Waals surface area (Å²) < 4.78 is 18.0. The van der Waals surface area contributed by atoms with Crippen LogP contribution in [0.1, 0.15) is 10.4 Å². The van der Waals surface area contributed by atoms with Gasteiger partial charge < -0.3 is 4.74 Å². The number of carbonyl (C=O) groups excluding carboxylic acids is 1. The van der Waals surface area contributed by atoms with E-state index in [-0.39, 0.29) is 22.2 Å². The third-order valence-electron chi connectivity index (χ3n) is 1.66. The van der Waals surface area contributed by atoms with Gasteiger partial charge in [-0.2, -0.15) is 0 Å². The normalized spacial score (nSPS) is 10.0. The lowest BCUT2D eigenvalue weighted by atomic mass is 10.1. The topological polar surface area (TPSA) is 26.3 Å². The molecule has 0 N–H and O–H groups in total. The zero-order valence-corrected chi connectivity index (χ0v) is 8.82. The van der Waals surface area contributed by atoms with Crippen molar-refractivity contribution >= 4 is 29.0 Å². The van der Waals surface area contributed by atoms with Crippen molar-refractivity contribution in [1.29, 1.82) is 0 Å². The molecule has 0 aromatic heterocycles. The van der Waals surface area contributed by atoms with E-state index in [4.69, 9.17) is 27.9 Å². The summed E-state index contributed by atoms with van der Waals surface area (Å²) in [5.74, 6) is -1.28. The number of ether oxygens (including phenoxy) is 1. The summed E-state index contributed by atoms with van der Waals surface area (Å²) in [5, 5.41) is 0.183. The molecule has 0 aliphatic rings. The highest BCUT2D eigenvalue weighted by molar-refractivity contribution is 6.33. The highest BCUT2D eigenvalue weighted by Gasteiger charge is 2.14. The molecule has 0 heterocycles. The van der Waals surface area contributed by atoms with Gasteiger partial charge in [-0.25, -0.2) is 4.39 Å². The zero-order valence-electron chi connectivity index (χ0n) is 7.31. The summed E-state index contributed by atoms with van der Waals surface area (Å²) in [7, 11) is 1.36. The molecule has 5 heteroatoms. The van der Waals surface area contributed by atoms with Crippen molar-refractivity contribution in [3.8, 4) is 5.75 Å². The maximum absolute atomic E-state index is 13.2. The zero-order chi connectivity index (χ0) is 10.7. The van der Waals surface area contributed by atoms with Gasteiger partial charge in [-0.15, -0.1) is 11.6 Å². The van der Waals surface area contributed by atoms with Gasteiger partial charge in [0.15, 0.2) is 5.78 Å². The fourth-order valence-electron chi connectivity index (χ4n) is 0.971. The van der Waals surface area contributed by atoms with E-state index in [9.17, 15) is 9.18 Å². The van der Waals surface area contributed by atoms with Gasteiger partial charge in [0.1, 0.15) is 11.6 Å². The minimum Gasteiger partial charge on any atom is -0.495 e. The molecule has 0 saturated heterocycles. The second-order valence-corrected chi connectivity index (χ2v) is 3.20. The van der Waals surface area contributed by atoms with Crippen molar-refractivity contribution in [3.63, 3.8) is 0 Å². The van der Waals surface area contributed by atoms with E-state index in [2.05, 4.69) is 0 Å². The van der Waals surface area contributed by atoms with E-state index in [1.807, 2.05) is 0 Å². The largest absolute Gasteiger partial charge is 0.495 e. The van der Waals surface area contributed by atoms with Crippen LogP contribution in [0, 0.1) is 5.82 Å². The molecule has 0 bridgehead atoms. The number of benzene rings is 1. The molecule has 0 radical (unpaired) electrons. The van der Waals surface area contributed by atoms with E-state index in [0.717, 1.165) is 6.07 Å². The second kappa shape index (κ2) is 4.62. The molecular formula is C9H7Cl2FO2. The average Bonchev–Trinajstić information content (AvgIpc) is 2.19. The van der Waals surface area contributed by atoms with E-state index in [0.29, 0.717) is 0 Å². The standard InChI is InChI=1S/C9H7Cl2FO2/c1-14-9-3-7(12)5(2-6(9)11)8(13)4-10/h2-3H,4H2,1H3. The number of alkyl halides is 1. The van der Waals surface area contributed by atoms with Crippen LogP contribution in [0.4, 0.5) is 4.39 Å². The van der Waals surface area contributed by atoms with Crippen LogP contribution in [0.3, 0.4) is 0 Å². The van der Waals surface area contributed by atoms with Crippen LogP contribution in [0.5, 0.6) is 5.75 Å². The Morgan fingerprint density at radius 3 is 2.71 bits per heavy atom. The molecule has 14 heavy (non-hydrogen) atoms. The SMILES string of the molecule is COc1cc(F)c(C(=O)CCl)cc1Cl. The van der Waals surface area contributed by atoms with Crippen molar-refractivity contribution in [2.45, 2.75) is 0 Å². The van der Waals surface area contributed by atoms with E-state index >= 15 is 0 Å². The lowest BCUT2D eigenvalue weighted by Gasteiger charge is -2.05. The molecule has 1 aromatic carbocycles. The maximum Gasteiger partial charge on any atom is 0.180 e. The van der Waals surface area contributed by atoms with Gasteiger partial charge in [0, 0.05) is 6.07 Å². The Hall–Kier alpha value is -0.800. The summed E-state index contributed by atoms with van der Waals surface area (Å²) in [5.41, 5.74) is -0.120. The van der Waals surface area contributed by atoms with Gasteiger partial charge in [-0.05, 0) is 6.07 Å². The first kappa shape index (κ1) is 11.3.